The molecule has 0 saturated carbocycles. The van der Waals surface area contributed by atoms with Crippen LogP contribution in [0.3, 0.4) is 0 Å². The van der Waals surface area contributed by atoms with Gasteiger partial charge in [-0.05, 0) is 56.7 Å². The number of benzene rings is 2. The molecular weight excluding hydrogens is 458 g/mol. The number of amides is 2. The van der Waals surface area contributed by atoms with Crippen LogP contribution in [0.4, 0.5) is 5.69 Å². The summed E-state index contributed by atoms with van der Waals surface area (Å²) in [4.78, 5) is 40.7. The third-order valence-electron chi connectivity index (χ3n) is 4.82. The molecule has 0 aliphatic carbocycles. The van der Waals surface area contributed by atoms with Crippen LogP contribution in [0.15, 0.2) is 64.0 Å². The summed E-state index contributed by atoms with van der Waals surface area (Å²) in [6, 6.07) is 13.4. The average molecular weight is 484 g/mol. The molecule has 0 aliphatic heterocycles. The third-order valence-corrected chi connectivity index (χ3v) is 5.83. The van der Waals surface area contributed by atoms with Gasteiger partial charge in [-0.2, -0.15) is 4.98 Å². The fraction of sp³-hybridized carbons (Fsp3) is 0.250. The first-order valence-electron chi connectivity index (χ1n) is 10.4. The Kier molecular flexibility index (Phi) is 7.95. The average Bonchev–Trinajstić information content (AvgIpc) is 3.28. The van der Waals surface area contributed by atoms with E-state index in [9.17, 15) is 14.4 Å². The summed E-state index contributed by atoms with van der Waals surface area (Å²) in [5, 5.41) is 14.3. The predicted octanol–water partition coefficient (Wildman–Crippen LogP) is 4.06. The molecule has 178 valence electrons. The van der Waals surface area contributed by atoms with Gasteiger partial charge in [0.15, 0.2) is 5.76 Å². The molecule has 2 aromatic carbocycles. The number of carbonyl (C=O) groups is 3. The molecule has 3 aromatic rings. The SMILES string of the molecule is COc1ncc(-c2cccc(NC(=O)C(=O)NC(C)(C)CCSc3ccc(C(=O)O)cc3)c2)o1. The number of carboxylic acid groups (broad SMARTS) is 1. The molecule has 0 spiro atoms. The lowest BCUT2D eigenvalue weighted by molar-refractivity contribution is -0.137. The number of carboxylic acids is 1. The molecule has 0 saturated heterocycles. The summed E-state index contributed by atoms with van der Waals surface area (Å²) < 4.78 is 10.4. The van der Waals surface area contributed by atoms with Crippen molar-refractivity contribution in [2.75, 3.05) is 18.2 Å². The predicted molar refractivity (Wildman–Crippen MR) is 128 cm³/mol. The number of ether oxygens (including phenoxy) is 1. The van der Waals surface area contributed by atoms with Gasteiger partial charge >= 0.3 is 23.9 Å². The lowest BCUT2D eigenvalue weighted by Crippen LogP contribution is -2.48. The van der Waals surface area contributed by atoms with Gasteiger partial charge in [0.2, 0.25) is 0 Å². The number of nitrogens with one attached hydrogen (secondary N) is 2. The molecule has 0 unspecified atom stereocenters. The van der Waals surface area contributed by atoms with Crippen molar-refractivity contribution < 1.29 is 28.6 Å². The number of aromatic nitrogens is 1. The summed E-state index contributed by atoms with van der Waals surface area (Å²) in [5.74, 6) is -1.36. The van der Waals surface area contributed by atoms with Crippen molar-refractivity contribution in [3.05, 3.63) is 60.3 Å². The zero-order valence-electron chi connectivity index (χ0n) is 19.0. The monoisotopic (exact) mass is 483 g/mol. The summed E-state index contributed by atoms with van der Waals surface area (Å²) in [6.45, 7) is 3.67. The van der Waals surface area contributed by atoms with Crippen molar-refractivity contribution in [3.8, 4) is 17.4 Å². The molecule has 34 heavy (non-hydrogen) atoms. The summed E-state index contributed by atoms with van der Waals surface area (Å²) in [5.41, 5.74) is 0.712. The smallest absolute Gasteiger partial charge is 0.393 e. The van der Waals surface area contributed by atoms with E-state index in [0.717, 1.165) is 4.90 Å². The first kappa shape index (κ1) is 24.8. The van der Waals surface area contributed by atoms with Crippen LogP contribution in [-0.2, 0) is 9.59 Å². The van der Waals surface area contributed by atoms with Crippen molar-refractivity contribution in [1.29, 1.82) is 0 Å². The quantitative estimate of drug-likeness (QED) is 0.307. The fourth-order valence-corrected chi connectivity index (χ4v) is 4.14. The van der Waals surface area contributed by atoms with Crippen LogP contribution >= 0.6 is 11.8 Å². The molecule has 10 heteroatoms. The first-order chi connectivity index (χ1) is 16.2. The summed E-state index contributed by atoms with van der Waals surface area (Å²) >= 11 is 1.54. The van der Waals surface area contributed by atoms with Gasteiger partial charge in [-0.3, -0.25) is 9.59 Å². The number of rotatable bonds is 9. The molecule has 3 N–H and O–H groups in total. The van der Waals surface area contributed by atoms with E-state index in [1.165, 1.54) is 13.3 Å². The Morgan fingerprint density at radius 1 is 1.12 bits per heavy atom. The van der Waals surface area contributed by atoms with E-state index in [1.54, 1.807) is 60.3 Å². The highest BCUT2D eigenvalue weighted by Crippen LogP contribution is 2.26. The Hall–Kier alpha value is -3.79. The largest absolute Gasteiger partial charge is 0.478 e. The van der Waals surface area contributed by atoms with Crippen LogP contribution in [0.5, 0.6) is 6.08 Å². The number of anilines is 1. The highest BCUT2D eigenvalue weighted by Gasteiger charge is 2.24. The Morgan fingerprint density at radius 2 is 1.85 bits per heavy atom. The van der Waals surface area contributed by atoms with Crippen LogP contribution in [0, 0.1) is 0 Å². The molecule has 2 amide bonds. The van der Waals surface area contributed by atoms with Crippen molar-refractivity contribution in [2.45, 2.75) is 30.7 Å². The lowest BCUT2D eigenvalue weighted by atomic mass is 10.0. The number of nitrogens with zero attached hydrogens (tertiary/aromatic N) is 1. The number of methoxy groups -OCH3 is 1. The zero-order valence-corrected chi connectivity index (χ0v) is 19.8. The molecule has 3 rings (SSSR count). The Morgan fingerprint density at radius 3 is 2.50 bits per heavy atom. The van der Waals surface area contributed by atoms with Crippen LogP contribution in [0.25, 0.3) is 11.3 Å². The van der Waals surface area contributed by atoms with Gasteiger partial charge in [-0.15, -0.1) is 11.8 Å². The van der Waals surface area contributed by atoms with Gasteiger partial charge < -0.3 is 24.9 Å². The molecule has 0 aliphatic rings. The third kappa shape index (κ3) is 6.85. The van der Waals surface area contributed by atoms with Crippen LogP contribution in [0.2, 0.25) is 0 Å². The van der Waals surface area contributed by atoms with Gasteiger partial charge in [0.25, 0.3) is 0 Å². The van der Waals surface area contributed by atoms with Gasteiger partial charge in [0, 0.05) is 27.4 Å². The second-order valence-corrected chi connectivity index (χ2v) is 9.16. The zero-order chi connectivity index (χ0) is 24.7. The summed E-state index contributed by atoms with van der Waals surface area (Å²) in [6.07, 6.45) is 2.23. The van der Waals surface area contributed by atoms with E-state index >= 15 is 0 Å². The number of oxazole rings is 1. The van der Waals surface area contributed by atoms with Gasteiger partial charge in [0.05, 0.1) is 18.9 Å². The molecule has 0 radical (unpaired) electrons. The van der Waals surface area contributed by atoms with Gasteiger partial charge in [-0.25, -0.2) is 4.79 Å². The van der Waals surface area contributed by atoms with Crippen molar-refractivity contribution >= 4 is 35.2 Å². The van der Waals surface area contributed by atoms with Gasteiger partial charge in [-0.1, -0.05) is 12.1 Å². The van der Waals surface area contributed by atoms with Crippen molar-refractivity contribution in [3.63, 3.8) is 0 Å². The Labute approximate surface area is 200 Å². The van der Waals surface area contributed by atoms with Crippen molar-refractivity contribution in [1.82, 2.24) is 10.3 Å². The Balaban J connectivity index is 1.51. The number of hydrogen-bond acceptors (Lipinski definition) is 7. The number of aromatic carboxylic acids is 1. The van der Waals surface area contributed by atoms with E-state index in [0.29, 0.717) is 29.2 Å². The summed E-state index contributed by atoms with van der Waals surface area (Å²) in [7, 11) is 1.45. The van der Waals surface area contributed by atoms with Crippen LogP contribution in [0.1, 0.15) is 30.6 Å². The topological polar surface area (TPSA) is 131 Å². The standard InChI is InChI=1S/C24H25N3O6S/c1-24(2,11-12-34-18-9-7-15(8-10-18)22(30)31)27-21(29)20(28)26-17-6-4-5-16(13-17)19-14-25-23(32-3)33-19/h4-10,13-14H,11-12H2,1-3H3,(H,26,28)(H,27,29)(H,30,31). The normalized spacial score (nSPS) is 11.0. The molecule has 0 fully saturated rings. The molecule has 1 aromatic heterocycles. The van der Waals surface area contributed by atoms with Crippen LogP contribution < -0.4 is 15.4 Å². The highest BCUT2D eigenvalue weighted by atomic mass is 32.2. The molecule has 0 atom stereocenters. The first-order valence-corrected chi connectivity index (χ1v) is 11.4. The lowest BCUT2D eigenvalue weighted by Gasteiger charge is -2.25. The van der Waals surface area contributed by atoms with E-state index < -0.39 is 23.3 Å². The number of thioether (sulfide) groups is 1. The van der Waals surface area contributed by atoms with Crippen molar-refractivity contribution in [2.24, 2.45) is 0 Å². The molecule has 1 heterocycles. The minimum atomic E-state index is -0.969. The number of hydrogen-bond donors (Lipinski definition) is 3. The van der Waals surface area contributed by atoms with Crippen LogP contribution in [-0.4, -0.2) is 46.3 Å². The second-order valence-electron chi connectivity index (χ2n) is 8.00. The maximum absolute atomic E-state index is 12.5. The maximum atomic E-state index is 12.5. The van der Waals surface area contributed by atoms with E-state index in [-0.39, 0.29) is 11.6 Å². The Bertz CT molecular complexity index is 1170. The maximum Gasteiger partial charge on any atom is 0.393 e. The van der Waals surface area contributed by atoms with E-state index in [2.05, 4.69) is 15.6 Å². The van der Waals surface area contributed by atoms with E-state index in [1.807, 2.05) is 13.8 Å². The molecule has 0 bridgehead atoms. The highest BCUT2D eigenvalue weighted by molar-refractivity contribution is 7.99. The minimum absolute atomic E-state index is 0.126. The number of carbonyl (C=O) groups excluding carboxylic acids is 2. The van der Waals surface area contributed by atoms with Gasteiger partial charge in [0.1, 0.15) is 0 Å². The molecular formula is C24H25N3O6S. The molecule has 9 nitrogen and oxygen atoms in total. The minimum Gasteiger partial charge on any atom is -0.478 e. The fourth-order valence-electron chi connectivity index (χ4n) is 2.97. The van der Waals surface area contributed by atoms with E-state index in [4.69, 9.17) is 14.3 Å². The second kappa shape index (κ2) is 10.9.